The van der Waals surface area contributed by atoms with E-state index >= 15 is 0 Å². The Morgan fingerprint density at radius 2 is 1.79 bits per heavy atom. The van der Waals surface area contributed by atoms with E-state index in [0.717, 1.165) is 0 Å². The second-order valence-electron chi connectivity index (χ2n) is 6.66. The number of hydrogen-bond donors (Lipinski definition) is 2. The molecule has 29 heavy (non-hydrogen) atoms. The molecule has 0 aliphatic carbocycles. The monoisotopic (exact) mass is 410 g/mol. The van der Waals surface area contributed by atoms with Crippen LogP contribution in [0.4, 0.5) is 15.8 Å². The van der Waals surface area contributed by atoms with Gasteiger partial charge in [0.15, 0.2) is 5.60 Å². The lowest BCUT2D eigenvalue weighted by atomic mass is 9.87. The van der Waals surface area contributed by atoms with E-state index in [1.54, 1.807) is 48.5 Å². The Morgan fingerprint density at radius 3 is 2.55 bits per heavy atom. The zero-order valence-corrected chi connectivity index (χ0v) is 15.9. The Morgan fingerprint density at radius 1 is 1.07 bits per heavy atom. The van der Waals surface area contributed by atoms with Gasteiger partial charge in [-0.3, -0.25) is 14.5 Å². The van der Waals surface area contributed by atoms with Crippen LogP contribution in [0, 0.1) is 5.82 Å². The van der Waals surface area contributed by atoms with E-state index in [-0.39, 0.29) is 12.2 Å². The fraction of sp³-hybridized carbons (Fsp3) is 0.0909. The highest BCUT2D eigenvalue weighted by molar-refractivity contribution is 6.30. The molecule has 0 fully saturated rings. The Hall–Kier alpha value is -3.22. The number of fused-ring (bicyclic) bond motifs is 1. The molecule has 1 heterocycles. The van der Waals surface area contributed by atoms with Crippen molar-refractivity contribution in [1.29, 1.82) is 0 Å². The van der Waals surface area contributed by atoms with E-state index < -0.39 is 23.2 Å². The molecule has 0 radical (unpaired) electrons. The number of halogens is 2. The van der Waals surface area contributed by atoms with Gasteiger partial charge in [0.25, 0.3) is 5.91 Å². The van der Waals surface area contributed by atoms with Gasteiger partial charge in [0.05, 0.1) is 11.4 Å². The molecule has 1 atom stereocenters. The molecule has 7 heteroatoms. The van der Waals surface area contributed by atoms with Gasteiger partial charge in [-0.2, -0.15) is 0 Å². The maximum absolute atomic E-state index is 13.8. The van der Waals surface area contributed by atoms with Crippen LogP contribution in [0.1, 0.15) is 11.1 Å². The molecule has 2 N–H and O–H groups in total. The second-order valence-corrected chi connectivity index (χ2v) is 7.09. The van der Waals surface area contributed by atoms with Crippen LogP contribution in [0.5, 0.6) is 0 Å². The summed E-state index contributed by atoms with van der Waals surface area (Å²) in [7, 11) is 0. The predicted molar refractivity (Wildman–Crippen MR) is 108 cm³/mol. The van der Waals surface area contributed by atoms with Crippen molar-refractivity contribution in [2.75, 3.05) is 16.8 Å². The number of para-hydroxylation sites is 2. The lowest BCUT2D eigenvalue weighted by molar-refractivity contribution is -0.133. The number of nitrogens with one attached hydrogen (secondary N) is 1. The number of hydrogen-bond acceptors (Lipinski definition) is 3. The molecule has 3 aromatic carbocycles. The van der Waals surface area contributed by atoms with E-state index in [1.807, 2.05) is 0 Å². The van der Waals surface area contributed by atoms with Gasteiger partial charge in [-0.05, 0) is 35.9 Å². The lowest BCUT2D eigenvalue weighted by Crippen LogP contribution is -2.44. The fourth-order valence-electron chi connectivity index (χ4n) is 3.48. The predicted octanol–water partition coefficient (Wildman–Crippen LogP) is 3.70. The average Bonchev–Trinajstić information content (AvgIpc) is 2.93. The summed E-state index contributed by atoms with van der Waals surface area (Å²) in [4.78, 5) is 26.9. The summed E-state index contributed by atoms with van der Waals surface area (Å²) in [5.41, 5.74) is -0.892. The highest BCUT2D eigenvalue weighted by Gasteiger charge is 2.51. The fourth-order valence-corrected chi connectivity index (χ4v) is 3.67. The van der Waals surface area contributed by atoms with E-state index in [4.69, 9.17) is 11.6 Å². The third kappa shape index (κ3) is 3.26. The topological polar surface area (TPSA) is 69.6 Å². The van der Waals surface area contributed by atoms with Gasteiger partial charge in [0, 0.05) is 10.6 Å². The Labute approximate surface area is 171 Å². The average molecular weight is 411 g/mol. The van der Waals surface area contributed by atoms with Crippen LogP contribution >= 0.6 is 11.6 Å². The van der Waals surface area contributed by atoms with Crippen molar-refractivity contribution in [2.24, 2.45) is 0 Å². The standard InChI is InChI=1S/C22H16ClFN2O3/c23-15-7-5-6-14(12-15)22(29)16-8-1-4-11-19(16)26(21(22)28)13-20(27)25-18-10-3-2-9-17(18)24/h1-12,29H,13H2,(H,25,27)/t22-/m0/s1. The molecule has 146 valence electrons. The molecule has 0 aromatic heterocycles. The highest BCUT2D eigenvalue weighted by Crippen LogP contribution is 2.44. The number of carbonyl (C=O) groups excluding carboxylic acids is 2. The molecule has 1 aliphatic rings. The maximum atomic E-state index is 13.8. The van der Waals surface area contributed by atoms with Gasteiger partial charge in [0.2, 0.25) is 5.91 Å². The number of anilines is 2. The Bertz CT molecular complexity index is 1120. The number of amides is 2. The molecule has 2 amide bonds. The smallest absolute Gasteiger partial charge is 0.268 e. The van der Waals surface area contributed by atoms with Crippen molar-refractivity contribution >= 4 is 34.8 Å². The molecular formula is C22H16ClFN2O3. The van der Waals surface area contributed by atoms with Crippen LogP contribution in [-0.2, 0) is 15.2 Å². The van der Waals surface area contributed by atoms with Crippen molar-refractivity contribution in [3.63, 3.8) is 0 Å². The van der Waals surface area contributed by atoms with Crippen LogP contribution in [0.15, 0.2) is 72.8 Å². The van der Waals surface area contributed by atoms with Crippen molar-refractivity contribution in [2.45, 2.75) is 5.60 Å². The van der Waals surface area contributed by atoms with Crippen molar-refractivity contribution in [1.82, 2.24) is 0 Å². The summed E-state index contributed by atoms with van der Waals surface area (Å²) in [5, 5.41) is 14.2. The van der Waals surface area contributed by atoms with Gasteiger partial charge in [-0.25, -0.2) is 4.39 Å². The third-order valence-electron chi connectivity index (χ3n) is 4.83. The minimum Gasteiger partial charge on any atom is -0.372 e. The van der Waals surface area contributed by atoms with Gasteiger partial charge in [-0.1, -0.05) is 54.1 Å². The third-order valence-corrected chi connectivity index (χ3v) is 5.07. The normalized spacial score (nSPS) is 17.9. The van der Waals surface area contributed by atoms with Crippen LogP contribution in [-0.4, -0.2) is 23.5 Å². The number of carbonyl (C=O) groups is 2. The van der Waals surface area contributed by atoms with Gasteiger partial charge < -0.3 is 10.4 Å². The molecule has 0 bridgehead atoms. The maximum Gasteiger partial charge on any atom is 0.268 e. The quantitative estimate of drug-likeness (QED) is 0.689. The SMILES string of the molecule is O=C(CN1C(=O)[C@](O)(c2cccc(Cl)c2)c2ccccc21)Nc1ccccc1F. The van der Waals surface area contributed by atoms with Gasteiger partial charge >= 0.3 is 0 Å². The molecular weight excluding hydrogens is 395 g/mol. The minimum absolute atomic E-state index is 0.0162. The van der Waals surface area contributed by atoms with Crippen molar-refractivity contribution < 1.29 is 19.1 Å². The Kier molecular flexibility index (Phi) is 4.82. The van der Waals surface area contributed by atoms with Crippen molar-refractivity contribution in [3.8, 4) is 0 Å². The van der Waals surface area contributed by atoms with Crippen LogP contribution in [0.2, 0.25) is 5.02 Å². The molecule has 5 nitrogen and oxygen atoms in total. The zero-order valence-electron chi connectivity index (χ0n) is 15.1. The highest BCUT2D eigenvalue weighted by atomic mass is 35.5. The zero-order chi connectivity index (χ0) is 20.6. The summed E-state index contributed by atoms with van der Waals surface area (Å²) < 4.78 is 13.8. The molecule has 4 rings (SSSR count). The van der Waals surface area contributed by atoms with E-state index in [2.05, 4.69) is 5.32 Å². The summed E-state index contributed by atoms with van der Waals surface area (Å²) >= 11 is 6.05. The largest absolute Gasteiger partial charge is 0.372 e. The van der Waals surface area contributed by atoms with Crippen molar-refractivity contribution in [3.05, 3.63) is 94.8 Å². The summed E-state index contributed by atoms with van der Waals surface area (Å²) in [6.45, 7) is -0.382. The summed E-state index contributed by atoms with van der Waals surface area (Å²) in [6, 6.07) is 18.8. The Balaban J connectivity index is 1.68. The molecule has 0 saturated heterocycles. The van der Waals surface area contributed by atoms with E-state index in [0.29, 0.717) is 21.8 Å². The number of aliphatic hydroxyl groups is 1. The number of rotatable bonds is 4. The molecule has 1 aliphatic heterocycles. The second kappa shape index (κ2) is 7.31. The first-order valence-electron chi connectivity index (χ1n) is 8.85. The lowest BCUT2D eigenvalue weighted by Gasteiger charge is -2.23. The first kappa shape index (κ1) is 19.1. The molecule has 3 aromatic rings. The molecule has 0 unspecified atom stereocenters. The van der Waals surface area contributed by atoms with Crippen LogP contribution < -0.4 is 10.2 Å². The van der Waals surface area contributed by atoms with Crippen LogP contribution in [0.3, 0.4) is 0 Å². The van der Waals surface area contributed by atoms with Gasteiger partial charge in [-0.15, -0.1) is 0 Å². The molecule has 0 saturated carbocycles. The summed E-state index contributed by atoms with van der Waals surface area (Å²) in [5.74, 6) is -1.84. The minimum atomic E-state index is -1.97. The van der Waals surface area contributed by atoms with E-state index in [9.17, 15) is 19.1 Å². The van der Waals surface area contributed by atoms with Crippen LogP contribution in [0.25, 0.3) is 0 Å². The van der Waals surface area contributed by atoms with E-state index in [1.165, 1.54) is 29.2 Å². The first-order chi connectivity index (χ1) is 13.9. The first-order valence-corrected chi connectivity index (χ1v) is 9.23. The number of benzene rings is 3. The molecule has 0 spiro atoms. The number of nitrogens with zero attached hydrogens (tertiary/aromatic N) is 1. The summed E-state index contributed by atoms with van der Waals surface area (Å²) in [6.07, 6.45) is 0. The van der Waals surface area contributed by atoms with Gasteiger partial charge in [0.1, 0.15) is 12.4 Å².